The highest BCUT2D eigenvalue weighted by atomic mass is 127. The van der Waals surface area contributed by atoms with E-state index < -0.39 is 0 Å². The number of rotatable bonds is 2. The molecule has 10 heavy (non-hydrogen) atoms. The summed E-state index contributed by atoms with van der Waals surface area (Å²) in [6, 6.07) is 0. The van der Waals surface area contributed by atoms with Gasteiger partial charge in [-0.2, -0.15) is 4.37 Å². The summed E-state index contributed by atoms with van der Waals surface area (Å²) in [6.45, 7) is 0. The summed E-state index contributed by atoms with van der Waals surface area (Å²) < 4.78 is 5.28. The normalized spacial score (nSPS) is 17.7. The van der Waals surface area contributed by atoms with Crippen molar-refractivity contribution in [1.29, 1.82) is 0 Å². The van der Waals surface area contributed by atoms with Gasteiger partial charge >= 0.3 is 0 Å². The zero-order chi connectivity index (χ0) is 6.97. The molecule has 54 valence electrons. The van der Waals surface area contributed by atoms with Gasteiger partial charge in [-0.3, -0.25) is 0 Å². The molecule has 0 aliphatic heterocycles. The zero-order valence-corrected chi connectivity index (χ0v) is 8.35. The summed E-state index contributed by atoms with van der Waals surface area (Å²) in [6.07, 6.45) is 3.88. The molecule has 0 aromatic carbocycles. The lowest BCUT2D eigenvalue weighted by Gasteiger charge is -1.86. The van der Waals surface area contributed by atoms with Crippen molar-refractivity contribution in [2.45, 2.75) is 19.3 Å². The lowest BCUT2D eigenvalue weighted by molar-refractivity contribution is 0.786. The van der Waals surface area contributed by atoms with Crippen LogP contribution in [0.1, 0.15) is 18.7 Å². The monoisotopic (exact) mass is 266 g/mol. The Kier molecular flexibility index (Phi) is 1.90. The predicted molar refractivity (Wildman–Crippen MR) is 49.1 cm³/mol. The van der Waals surface area contributed by atoms with E-state index in [0.717, 1.165) is 21.2 Å². The Labute approximate surface area is 77.4 Å². The Morgan fingerprint density at radius 2 is 2.40 bits per heavy atom. The molecule has 0 N–H and O–H groups in total. The van der Waals surface area contributed by atoms with Gasteiger partial charge in [-0.1, -0.05) is 0 Å². The van der Waals surface area contributed by atoms with Crippen LogP contribution in [-0.2, 0) is 6.42 Å². The quantitative estimate of drug-likeness (QED) is 0.766. The van der Waals surface area contributed by atoms with Gasteiger partial charge in [0.1, 0.15) is 5.82 Å². The molecule has 0 radical (unpaired) electrons. The van der Waals surface area contributed by atoms with Crippen LogP contribution in [-0.4, -0.2) is 9.36 Å². The van der Waals surface area contributed by atoms with E-state index >= 15 is 0 Å². The van der Waals surface area contributed by atoms with Crippen LogP contribution in [0.15, 0.2) is 0 Å². The van der Waals surface area contributed by atoms with E-state index in [1.165, 1.54) is 24.4 Å². The Morgan fingerprint density at radius 3 is 2.90 bits per heavy atom. The Balaban J connectivity index is 2.03. The first-order valence-corrected chi connectivity index (χ1v) is 5.18. The average Bonchev–Trinajstić information content (AvgIpc) is 2.59. The van der Waals surface area contributed by atoms with Crippen molar-refractivity contribution < 1.29 is 0 Å². The maximum atomic E-state index is 4.28. The molecule has 1 saturated carbocycles. The van der Waals surface area contributed by atoms with Gasteiger partial charge in [0.05, 0.1) is 0 Å². The number of halogens is 1. The minimum Gasteiger partial charge on any atom is -0.213 e. The number of nitrogens with zero attached hydrogens (tertiary/aromatic N) is 2. The smallest absolute Gasteiger partial charge is 0.173 e. The fourth-order valence-electron chi connectivity index (χ4n) is 0.896. The lowest BCUT2D eigenvalue weighted by Crippen LogP contribution is -1.88. The van der Waals surface area contributed by atoms with E-state index in [2.05, 4.69) is 31.9 Å². The van der Waals surface area contributed by atoms with Gasteiger partial charge < -0.3 is 0 Å². The number of hydrogen-bond donors (Lipinski definition) is 0. The first-order chi connectivity index (χ1) is 4.84. The van der Waals surface area contributed by atoms with Gasteiger partial charge in [0.2, 0.25) is 0 Å². The topological polar surface area (TPSA) is 25.8 Å². The number of hydrogen-bond acceptors (Lipinski definition) is 3. The van der Waals surface area contributed by atoms with Crippen molar-refractivity contribution in [2.24, 2.45) is 5.92 Å². The molecule has 1 aliphatic carbocycles. The van der Waals surface area contributed by atoms with Crippen LogP contribution in [0.2, 0.25) is 0 Å². The predicted octanol–water partition coefficient (Wildman–Crippen LogP) is 2.10. The van der Waals surface area contributed by atoms with Crippen LogP contribution >= 0.6 is 34.1 Å². The highest BCUT2D eigenvalue weighted by Crippen LogP contribution is 2.31. The van der Waals surface area contributed by atoms with Gasteiger partial charge in [-0.25, -0.2) is 4.98 Å². The van der Waals surface area contributed by atoms with Crippen LogP contribution in [0.3, 0.4) is 0 Å². The molecule has 0 amide bonds. The van der Waals surface area contributed by atoms with E-state index in [4.69, 9.17) is 0 Å². The van der Waals surface area contributed by atoms with Crippen LogP contribution < -0.4 is 0 Å². The Bertz CT molecular complexity index is 231. The van der Waals surface area contributed by atoms with Crippen molar-refractivity contribution in [3.8, 4) is 0 Å². The lowest BCUT2D eigenvalue weighted by atomic mass is 10.3. The van der Waals surface area contributed by atoms with E-state index in [-0.39, 0.29) is 0 Å². The van der Waals surface area contributed by atoms with E-state index in [0.29, 0.717) is 0 Å². The molecule has 1 aliphatic rings. The molecule has 0 saturated heterocycles. The summed E-state index contributed by atoms with van der Waals surface area (Å²) in [5.74, 6) is 1.96. The molecule has 1 aromatic heterocycles. The second kappa shape index (κ2) is 2.73. The van der Waals surface area contributed by atoms with E-state index in [1.807, 2.05) is 0 Å². The summed E-state index contributed by atoms with van der Waals surface area (Å²) in [5, 5.41) is 0. The molecular weight excluding hydrogens is 259 g/mol. The van der Waals surface area contributed by atoms with Gasteiger partial charge in [0, 0.05) is 6.42 Å². The first-order valence-electron chi connectivity index (χ1n) is 3.32. The molecule has 0 spiro atoms. The molecule has 2 rings (SSSR count). The van der Waals surface area contributed by atoms with Crippen molar-refractivity contribution in [3.05, 3.63) is 8.84 Å². The van der Waals surface area contributed by atoms with Gasteiger partial charge in [-0.05, 0) is 52.9 Å². The summed E-state index contributed by atoms with van der Waals surface area (Å²) in [7, 11) is 0. The van der Waals surface area contributed by atoms with Crippen molar-refractivity contribution in [2.75, 3.05) is 0 Å². The van der Waals surface area contributed by atoms with Gasteiger partial charge in [0.25, 0.3) is 0 Å². The third kappa shape index (κ3) is 1.66. The molecule has 2 nitrogen and oxygen atoms in total. The highest BCUT2D eigenvalue weighted by molar-refractivity contribution is 14.1. The molecule has 0 bridgehead atoms. The van der Waals surface area contributed by atoms with Crippen LogP contribution in [0, 0.1) is 8.93 Å². The third-order valence-electron chi connectivity index (χ3n) is 1.61. The second-order valence-corrected chi connectivity index (χ2v) is 5.12. The average molecular weight is 266 g/mol. The highest BCUT2D eigenvalue weighted by Gasteiger charge is 2.23. The fourth-order valence-corrected chi connectivity index (χ4v) is 1.91. The van der Waals surface area contributed by atoms with Crippen LogP contribution in [0.5, 0.6) is 0 Å². The minimum atomic E-state index is 0.908. The van der Waals surface area contributed by atoms with E-state index in [1.54, 1.807) is 0 Å². The zero-order valence-electron chi connectivity index (χ0n) is 5.38. The molecule has 4 heteroatoms. The second-order valence-electron chi connectivity index (χ2n) is 2.61. The molecule has 1 fully saturated rings. The molecule has 0 atom stereocenters. The molecular formula is C6H7IN2S. The molecule has 0 unspecified atom stereocenters. The van der Waals surface area contributed by atoms with Crippen molar-refractivity contribution in [3.63, 3.8) is 0 Å². The minimum absolute atomic E-state index is 0.908. The molecule has 1 aromatic rings. The summed E-state index contributed by atoms with van der Waals surface area (Å²) in [5.41, 5.74) is 0. The van der Waals surface area contributed by atoms with Crippen molar-refractivity contribution >= 4 is 34.1 Å². The van der Waals surface area contributed by atoms with Crippen molar-refractivity contribution in [1.82, 2.24) is 9.36 Å². The van der Waals surface area contributed by atoms with E-state index in [9.17, 15) is 0 Å². The maximum absolute atomic E-state index is 4.28. The largest absolute Gasteiger partial charge is 0.213 e. The Hall–Kier alpha value is 0.290. The molecule has 1 heterocycles. The van der Waals surface area contributed by atoms with Gasteiger partial charge in [0.15, 0.2) is 3.01 Å². The maximum Gasteiger partial charge on any atom is 0.173 e. The van der Waals surface area contributed by atoms with Crippen LogP contribution in [0.25, 0.3) is 0 Å². The third-order valence-corrected chi connectivity index (χ3v) is 2.99. The van der Waals surface area contributed by atoms with Crippen LogP contribution in [0.4, 0.5) is 0 Å². The summed E-state index contributed by atoms with van der Waals surface area (Å²) >= 11 is 3.71. The standard InChI is InChI=1S/C6H7IN2S/c7-6-8-5(9-10-6)3-4-1-2-4/h4H,1-3H2. The van der Waals surface area contributed by atoms with Gasteiger partial charge in [-0.15, -0.1) is 0 Å². The number of aromatic nitrogens is 2. The Morgan fingerprint density at radius 1 is 1.60 bits per heavy atom. The summed E-state index contributed by atoms with van der Waals surface area (Å²) in [4.78, 5) is 4.28. The first kappa shape index (κ1) is 6.97. The SMILES string of the molecule is Ic1nc(CC2CC2)ns1. The fraction of sp³-hybridized carbons (Fsp3) is 0.667.